The lowest BCUT2D eigenvalue weighted by Gasteiger charge is -2.34. The highest BCUT2D eigenvalue weighted by molar-refractivity contribution is 7.80. The second-order valence-electron chi connectivity index (χ2n) is 5.13. The van der Waals surface area contributed by atoms with E-state index in [1.165, 1.54) is 0 Å². The number of rotatable bonds is 4. The van der Waals surface area contributed by atoms with Gasteiger partial charge in [0.25, 0.3) is 0 Å². The largest absolute Gasteiger partial charge is 0.493 e. The van der Waals surface area contributed by atoms with Crippen molar-refractivity contribution < 1.29 is 14.2 Å². The molecule has 7 heteroatoms. The van der Waals surface area contributed by atoms with Crippen LogP contribution in [-0.4, -0.2) is 69.5 Å². The van der Waals surface area contributed by atoms with Crippen LogP contribution in [0.4, 0.5) is 5.69 Å². The van der Waals surface area contributed by atoms with Crippen LogP contribution < -0.4 is 19.5 Å². The first-order valence-electron chi connectivity index (χ1n) is 7.13. The molecule has 1 heterocycles. The summed E-state index contributed by atoms with van der Waals surface area (Å²) in [4.78, 5) is 4.46. The number of anilines is 1. The summed E-state index contributed by atoms with van der Waals surface area (Å²) in [6.07, 6.45) is 0. The van der Waals surface area contributed by atoms with Crippen LogP contribution in [0.2, 0.25) is 0 Å². The minimum atomic E-state index is 0.570. The lowest BCUT2D eigenvalue weighted by atomic mass is 10.2. The number of ether oxygens (including phenoxy) is 3. The van der Waals surface area contributed by atoms with Gasteiger partial charge < -0.3 is 29.3 Å². The Morgan fingerprint density at radius 3 is 2.00 bits per heavy atom. The average Bonchev–Trinajstić information content (AvgIpc) is 2.54. The number of hydrogen-bond donors (Lipinski definition) is 1. The summed E-state index contributed by atoms with van der Waals surface area (Å²) in [6.45, 7) is 3.87. The molecule has 0 saturated carbocycles. The van der Waals surface area contributed by atoms with Crippen molar-refractivity contribution in [1.82, 2.24) is 9.80 Å². The van der Waals surface area contributed by atoms with E-state index < -0.39 is 0 Å². The molecule has 0 aromatic heterocycles. The molecule has 0 amide bonds. The molecule has 0 atom stereocenters. The predicted molar refractivity (Wildman–Crippen MR) is 91.4 cm³/mol. The second kappa shape index (κ2) is 7.51. The summed E-state index contributed by atoms with van der Waals surface area (Å²) < 4.78 is 16.0. The van der Waals surface area contributed by atoms with Gasteiger partial charge in [-0.15, -0.1) is 0 Å². The average molecular weight is 325 g/mol. The Bertz CT molecular complexity index is 506. The van der Waals surface area contributed by atoms with Crippen molar-refractivity contribution in [2.75, 3.05) is 59.9 Å². The molecule has 0 unspecified atom stereocenters. The minimum absolute atomic E-state index is 0.570. The molecule has 1 N–H and O–H groups in total. The SMILES string of the molecule is COc1cc(NC(=S)N2CCN(C)CC2)cc(OC)c1OC. The van der Waals surface area contributed by atoms with Gasteiger partial charge in [0.05, 0.1) is 21.3 Å². The van der Waals surface area contributed by atoms with Gasteiger partial charge in [0.15, 0.2) is 16.6 Å². The zero-order chi connectivity index (χ0) is 16.1. The highest BCUT2D eigenvalue weighted by Crippen LogP contribution is 2.39. The van der Waals surface area contributed by atoms with Gasteiger partial charge in [0.2, 0.25) is 5.75 Å². The summed E-state index contributed by atoms with van der Waals surface area (Å²) in [5.74, 6) is 1.78. The Hall–Kier alpha value is -1.73. The van der Waals surface area contributed by atoms with E-state index in [1.807, 2.05) is 12.1 Å². The zero-order valence-electron chi connectivity index (χ0n) is 13.5. The Kier molecular flexibility index (Phi) is 5.68. The van der Waals surface area contributed by atoms with Gasteiger partial charge in [-0.2, -0.15) is 0 Å². The van der Waals surface area contributed by atoms with Gasteiger partial charge in [0, 0.05) is 44.0 Å². The number of hydrogen-bond acceptors (Lipinski definition) is 5. The van der Waals surface area contributed by atoms with Gasteiger partial charge in [0.1, 0.15) is 0 Å². The molecule has 1 aliphatic rings. The van der Waals surface area contributed by atoms with Crippen molar-refractivity contribution in [3.8, 4) is 17.2 Å². The summed E-state index contributed by atoms with van der Waals surface area (Å²) in [5, 5.41) is 3.96. The van der Waals surface area contributed by atoms with Gasteiger partial charge >= 0.3 is 0 Å². The third kappa shape index (κ3) is 3.72. The number of methoxy groups -OCH3 is 3. The topological polar surface area (TPSA) is 46.2 Å². The van der Waals surface area contributed by atoms with E-state index in [-0.39, 0.29) is 0 Å². The molecule has 1 fully saturated rings. The number of piperazine rings is 1. The number of nitrogens with one attached hydrogen (secondary N) is 1. The maximum Gasteiger partial charge on any atom is 0.203 e. The lowest BCUT2D eigenvalue weighted by Crippen LogP contribution is -2.48. The normalized spacial score (nSPS) is 15.4. The third-order valence-electron chi connectivity index (χ3n) is 3.71. The van der Waals surface area contributed by atoms with E-state index in [9.17, 15) is 0 Å². The first kappa shape index (κ1) is 16.6. The van der Waals surface area contributed by atoms with Gasteiger partial charge in [-0.05, 0) is 19.3 Å². The van der Waals surface area contributed by atoms with Gasteiger partial charge in [-0.25, -0.2) is 0 Å². The quantitative estimate of drug-likeness (QED) is 0.845. The fraction of sp³-hybridized carbons (Fsp3) is 0.533. The fourth-order valence-corrected chi connectivity index (χ4v) is 2.67. The Balaban J connectivity index is 2.13. The minimum Gasteiger partial charge on any atom is -0.493 e. The summed E-state index contributed by atoms with van der Waals surface area (Å²) >= 11 is 5.50. The molecule has 6 nitrogen and oxygen atoms in total. The first-order chi connectivity index (χ1) is 10.6. The van der Waals surface area contributed by atoms with Crippen LogP contribution in [0.5, 0.6) is 17.2 Å². The molecule has 1 aromatic carbocycles. The maximum absolute atomic E-state index is 5.50. The smallest absolute Gasteiger partial charge is 0.203 e. The lowest BCUT2D eigenvalue weighted by molar-refractivity contribution is 0.217. The van der Waals surface area contributed by atoms with Crippen molar-refractivity contribution in [1.29, 1.82) is 0 Å². The Labute approximate surface area is 136 Å². The molecule has 1 aliphatic heterocycles. The Morgan fingerprint density at radius 1 is 1.00 bits per heavy atom. The Morgan fingerprint density at radius 2 is 1.55 bits per heavy atom. The van der Waals surface area contributed by atoms with Gasteiger partial charge in [-0.1, -0.05) is 0 Å². The fourth-order valence-electron chi connectivity index (χ4n) is 2.37. The number of nitrogens with zero attached hydrogens (tertiary/aromatic N) is 2. The van der Waals surface area contributed by atoms with Crippen LogP contribution >= 0.6 is 12.2 Å². The second-order valence-corrected chi connectivity index (χ2v) is 5.52. The molecule has 0 radical (unpaired) electrons. The molecule has 0 bridgehead atoms. The van der Waals surface area contributed by atoms with E-state index in [2.05, 4.69) is 22.2 Å². The molecule has 122 valence electrons. The highest BCUT2D eigenvalue weighted by Gasteiger charge is 2.18. The molecule has 0 spiro atoms. The van der Waals surface area contributed by atoms with Gasteiger partial charge in [-0.3, -0.25) is 0 Å². The molecule has 0 aliphatic carbocycles. The van der Waals surface area contributed by atoms with E-state index in [0.717, 1.165) is 31.9 Å². The molecular formula is C15H23N3O3S. The number of thiocarbonyl (C=S) groups is 1. The van der Waals surface area contributed by atoms with Crippen LogP contribution in [0.3, 0.4) is 0 Å². The van der Waals surface area contributed by atoms with Crippen LogP contribution in [0.15, 0.2) is 12.1 Å². The van der Waals surface area contributed by atoms with Crippen LogP contribution in [0.1, 0.15) is 0 Å². The summed E-state index contributed by atoms with van der Waals surface area (Å²) in [6, 6.07) is 3.70. The predicted octanol–water partition coefficient (Wildman–Crippen LogP) is 1.66. The van der Waals surface area contributed by atoms with E-state index in [0.29, 0.717) is 22.4 Å². The molecule has 22 heavy (non-hydrogen) atoms. The first-order valence-corrected chi connectivity index (χ1v) is 7.54. The van der Waals surface area contributed by atoms with Crippen LogP contribution in [0, 0.1) is 0 Å². The molecule has 1 saturated heterocycles. The standard InChI is InChI=1S/C15H23N3O3S/c1-17-5-7-18(8-6-17)15(22)16-11-9-12(19-2)14(21-4)13(10-11)20-3/h9-10H,5-8H2,1-4H3,(H,16,22). The third-order valence-corrected chi connectivity index (χ3v) is 4.07. The monoisotopic (exact) mass is 325 g/mol. The van der Waals surface area contributed by atoms with Crippen LogP contribution in [0.25, 0.3) is 0 Å². The highest BCUT2D eigenvalue weighted by atomic mass is 32.1. The van der Waals surface area contributed by atoms with Crippen molar-refractivity contribution >= 4 is 23.0 Å². The zero-order valence-corrected chi connectivity index (χ0v) is 14.3. The van der Waals surface area contributed by atoms with Crippen molar-refractivity contribution in [2.24, 2.45) is 0 Å². The molecule has 1 aromatic rings. The molecular weight excluding hydrogens is 302 g/mol. The van der Waals surface area contributed by atoms with Crippen molar-refractivity contribution in [2.45, 2.75) is 0 Å². The maximum atomic E-state index is 5.50. The van der Waals surface area contributed by atoms with Crippen molar-refractivity contribution in [3.63, 3.8) is 0 Å². The number of benzene rings is 1. The van der Waals surface area contributed by atoms with Crippen molar-refractivity contribution in [3.05, 3.63) is 12.1 Å². The number of likely N-dealkylation sites (N-methyl/N-ethyl adjacent to an activating group) is 1. The van der Waals surface area contributed by atoms with E-state index in [1.54, 1.807) is 21.3 Å². The van der Waals surface area contributed by atoms with E-state index >= 15 is 0 Å². The molecule has 2 rings (SSSR count). The summed E-state index contributed by atoms with van der Waals surface area (Å²) in [7, 11) is 6.90. The van der Waals surface area contributed by atoms with E-state index in [4.69, 9.17) is 26.4 Å². The summed E-state index contributed by atoms with van der Waals surface area (Å²) in [5.41, 5.74) is 0.818. The van der Waals surface area contributed by atoms with Crippen LogP contribution in [-0.2, 0) is 0 Å².